The SMILES string of the molecule is CCCCCCCCCCSc1ccc([C]=O)cc1. The summed E-state index contributed by atoms with van der Waals surface area (Å²) in [4.78, 5) is 11.7. The third-order valence-electron chi connectivity index (χ3n) is 3.24. The highest BCUT2D eigenvalue weighted by atomic mass is 32.2. The first-order chi connectivity index (χ1) is 9.36. The summed E-state index contributed by atoms with van der Waals surface area (Å²) in [5, 5.41) is 0. The Labute approximate surface area is 122 Å². The summed E-state index contributed by atoms with van der Waals surface area (Å²) in [6, 6.07) is 7.69. The normalized spacial score (nSPS) is 10.6. The second-order valence-electron chi connectivity index (χ2n) is 4.95. The maximum atomic E-state index is 10.4. The summed E-state index contributed by atoms with van der Waals surface area (Å²) in [5.74, 6) is 1.18. The summed E-state index contributed by atoms with van der Waals surface area (Å²) in [7, 11) is 0. The summed E-state index contributed by atoms with van der Waals surface area (Å²) in [6.45, 7) is 2.26. The van der Waals surface area contributed by atoms with Gasteiger partial charge >= 0.3 is 0 Å². The Bertz CT molecular complexity index is 332. The molecule has 0 spiro atoms. The molecule has 1 nitrogen and oxygen atoms in total. The zero-order valence-corrected chi connectivity index (χ0v) is 12.8. The van der Waals surface area contributed by atoms with Crippen molar-refractivity contribution in [1.29, 1.82) is 0 Å². The summed E-state index contributed by atoms with van der Waals surface area (Å²) in [5.41, 5.74) is 0.636. The summed E-state index contributed by atoms with van der Waals surface area (Å²) in [6.07, 6.45) is 12.9. The smallest absolute Gasteiger partial charge is 0.233 e. The van der Waals surface area contributed by atoms with Crippen molar-refractivity contribution in [1.82, 2.24) is 0 Å². The topological polar surface area (TPSA) is 17.1 Å². The van der Waals surface area contributed by atoms with E-state index in [1.165, 1.54) is 62.0 Å². The van der Waals surface area contributed by atoms with Gasteiger partial charge in [0, 0.05) is 10.5 Å². The molecule has 0 saturated carbocycles. The van der Waals surface area contributed by atoms with Crippen LogP contribution in [0.15, 0.2) is 29.2 Å². The highest BCUT2D eigenvalue weighted by molar-refractivity contribution is 7.99. The lowest BCUT2D eigenvalue weighted by atomic mass is 10.1. The van der Waals surface area contributed by atoms with Crippen LogP contribution in [0.25, 0.3) is 0 Å². The fourth-order valence-corrected chi connectivity index (χ4v) is 2.96. The summed E-state index contributed by atoms with van der Waals surface area (Å²) >= 11 is 1.88. The molecule has 0 heterocycles. The van der Waals surface area contributed by atoms with E-state index in [2.05, 4.69) is 6.92 Å². The molecule has 0 bridgehead atoms. The molecule has 2 heteroatoms. The van der Waals surface area contributed by atoms with Crippen LogP contribution in [-0.2, 0) is 4.79 Å². The van der Waals surface area contributed by atoms with Crippen LogP contribution in [-0.4, -0.2) is 12.0 Å². The van der Waals surface area contributed by atoms with Crippen molar-refractivity contribution in [3.63, 3.8) is 0 Å². The van der Waals surface area contributed by atoms with Crippen molar-refractivity contribution in [2.45, 2.75) is 63.2 Å². The van der Waals surface area contributed by atoms with Crippen molar-refractivity contribution in [3.05, 3.63) is 29.8 Å². The molecule has 0 unspecified atom stereocenters. The Morgan fingerprint density at radius 3 is 2.05 bits per heavy atom. The second-order valence-corrected chi connectivity index (χ2v) is 6.12. The monoisotopic (exact) mass is 277 g/mol. The first-order valence-electron chi connectivity index (χ1n) is 7.48. The quantitative estimate of drug-likeness (QED) is 0.399. The molecule has 1 rings (SSSR count). The molecule has 1 aromatic carbocycles. The Morgan fingerprint density at radius 1 is 0.895 bits per heavy atom. The van der Waals surface area contributed by atoms with Gasteiger partial charge in [0.05, 0.1) is 0 Å². The fraction of sp³-hybridized carbons (Fsp3) is 0.588. The van der Waals surface area contributed by atoms with Gasteiger partial charge in [-0.15, -0.1) is 11.8 Å². The van der Waals surface area contributed by atoms with Crippen molar-refractivity contribution < 1.29 is 4.79 Å². The number of rotatable bonds is 11. The molecule has 0 aliphatic heterocycles. The first-order valence-corrected chi connectivity index (χ1v) is 8.46. The Morgan fingerprint density at radius 2 is 1.47 bits per heavy atom. The van der Waals surface area contributed by atoms with Crippen LogP contribution in [0.1, 0.15) is 63.9 Å². The van der Waals surface area contributed by atoms with Gasteiger partial charge in [0.2, 0.25) is 6.29 Å². The number of unbranched alkanes of at least 4 members (excludes halogenated alkanes) is 7. The van der Waals surface area contributed by atoms with Gasteiger partial charge in [0.25, 0.3) is 0 Å². The Kier molecular flexibility index (Phi) is 9.52. The minimum absolute atomic E-state index is 0.636. The highest BCUT2D eigenvalue weighted by Crippen LogP contribution is 2.20. The van der Waals surface area contributed by atoms with Crippen LogP contribution in [0.5, 0.6) is 0 Å². The van der Waals surface area contributed by atoms with Gasteiger partial charge in [-0.05, 0) is 36.4 Å². The largest absolute Gasteiger partial charge is 0.285 e. The van der Waals surface area contributed by atoms with E-state index in [4.69, 9.17) is 0 Å². The van der Waals surface area contributed by atoms with Crippen LogP contribution >= 0.6 is 11.8 Å². The minimum atomic E-state index is 0.636. The van der Waals surface area contributed by atoms with Crippen LogP contribution in [0, 0.1) is 0 Å². The highest BCUT2D eigenvalue weighted by Gasteiger charge is 1.96. The molecule has 0 fully saturated rings. The Balaban J connectivity index is 1.96. The van der Waals surface area contributed by atoms with Crippen LogP contribution < -0.4 is 0 Å². The maximum Gasteiger partial charge on any atom is 0.233 e. The molecule has 0 saturated heterocycles. The van der Waals surface area contributed by atoms with Crippen LogP contribution in [0.2, 0.25) is 0 Å². The third kappa shape index (κ3) is 8.10. The van der Waals surface area contributed by atoms with E-state index < -0.39 is 0 Å². The molecule has 0 atom stereocenters. The molecule has 0 amide bonds. The van der Waals surface area contributed by atoms with Gasteiger partial charge in [-0.25, -0.2) is 0 Å². The molecule has 1 radical (unpaired) electrons. The molecule has 19 heavy (non-hydrogen) atoms. The van der Waals surface area contributed by atoms with Crippen LogP contribution in [0.3, 0.4) is 0 Å². The van der Waals surface area contributed by atoms with Crippen molar-refractivity contribution in [2.75, 3.05) is 5.75 Å². The van der Waals surface area contributed by atoms with E-state index in [1.807, 2.05) is 42.3 Å². The number of hydrogen-bond acceptors (Lipinski definition) is 2. The molecule has 0 aliphatic rings. The average Bonchev–Trinajstić information content (AvgIpc) is 2.46. The van der Waals surface area contributed by atoms with Crippen molar-refractivity contribution >= 4 is 18.0 Å². The van der Waals surface area contributed by atoms with Crippen molar-refractivity contribution in [2.24, 2.45) is 0 Å². The zero-order chi connectivity index (χ0) is 13.8. The third-order valence-corrected chi connectivity index (χ3v) is 4.34. The van der Waals surface area contributed by atoms with E-state index >= 15 is 0 Å². The maximum absolute atomic E-state index is 10.4. The predicted octanol–water partition coefficient (Wildman–Crippen LogP) is 5.38. The summed E-state index contributed by atoms with van der Waals surface area (Å²) < 4.78 is 0. The molecular weight excluding hydrogens is 252 g/mol. The number of hydrogen-bond donors (Lipinski definition) is 0. The number of carbonyl (C=O) groups excluding carboxylic acids is 1. The van der Waals surface area contributed by atoms with Gasteiger partial charge < -0.3 is 0 Å². The predicted molar refractivity (Wildman–Crippen MR) is 84.6 cm³/mol. The molecule has 0 aromatic heterocycles. The number of benzene rings is 1. The first kappa shape index (κ1) is 16.3. The lowest BCUT2D eigenvalue weighted by Crippen LogP contribution is -1.84. The zero-order valence-electron chi connectivity index (χ0n) is 12.0. The Hall–Kier alpha value is -0.760. The van der Waals surface area contributed by atoms with E-state index in [0.29, 0.717) is 5.56 Å². The molecular formula is C17H25OS. The molecule has 0 aliphatic carbocycles. The van der Waals surface area contributed by atoms with E-state index in [0.717, 1.165) is 0 Å². The van der Waals surface area contributed by atoms with Gasteiger partial charge in [-0.3, -0.25) is 4.79 Å². The van der Waals surface area contributed by atoms with Crippen molar-refractivity contribution in [3.8, 4) is 0 Å². The molecule has 1 aromatic rings. The van der Waals surface area contributed by atoms with Gasteiger partial charge in [-0.1, -0.05) is 51.9 Å². The van der Waals surface area contributed by atoms with E-state index in [9.17, 15) is 4.79 Å². The second kappa shape index (κ2) is 11.1. The molecule has 0 N–H and O–H groups in total. The minimum Gasteiger partial charge on any atom is -0.285 e. The lowest BCUT2D eigenvalue weighted by Gasteiger charge is -2.03. The van der Waals surface area contributed by atoms with Gasteiger partial charge in [0.1, 0.15) is 0 Å². The lowest BCUT2D eigenvalue weighted by molar-refractivity contribution is 0.562. The standard InChI is InChI=1S/C17H25OS/c1-2-3-4-5-6-7-8-9-14-19-17-12-10-16(15-18)11-13-17/h10-13H,2-9,14H2,1H3. The van der Waals surface area contributed by atoms with Crippen LogP contribution in [0.4, 0.5) is 0 Å². The van der Waals surface area contributed by atoms with Gasteiger partial charge in [-0.2, -0.15) is 0 Å². The van der Waals surface area contributed by atoms with E-state index in [-0.39, 0.29) is 0 Å². The van der Waals surface area contributed by atoms with E-state index in [1.54, 1.807) is 0 Å². The number of thioether (sulfide) groups is 1. The fourth-order valence-electron chi connectivity index (χ4n) is 2.05. The average molecular weight is 277 g/mol. The van der Waals surface area contributed by atoms with Gasteiger partial charge in [0.15, 0.2) is 0 Å². The molecule has 105 valence electrons.